The molecule has 0 radical (unpaired) electrons. The number of hydrogen-bond acceptors (Lipinski definition) is 3. The molecule has 2 aromatic rings. The second-order valence-corrected chi connectivity index (χ2v) is 7.09. The number of benzene rings is 1. The molecule has 1 aliphatic carbocycles. The van der Waals surface area contributed by atoms with Crippen LogP contribution in [0, 0.1) is 0 Å². The van der Waals surface area contributed by atoms with E-state index in [9.17, 15) is 4.79 Å². The molecule has 0 spiro atoms. The molecule has 0 atom stereocenters. The maximum Gasteiger partial charge on any atom is 0.339 e. The lowest BCUT2D eigenvalue weighted by Crippen LogP contribution is -2.22. The molecule has 1 saturated carbocycles. The van der Waals surface area contributed by atoms with Gasteiger partial charge < -0.3 is 9.15 Å². The fourth-order valence-electron chi connectivity index (χ4n) is 4.20. The molecule has 0 unspecified atom stereocenters. The van der Waals surface area contributed by atoms with Crippen molar-refractivity contribution in [3.8, 4) is 5.75 Å². The first-order valence-electron chi connectivity index (χ1n) is 9.29. The number of ether oxygens (including phenoxy) is 1. The molecule has 1 aromatic carbocycles. The third-order valence-electron chi connectivity index (χ3n) is 5.67. The molecule has 1 fully saturated rings. The number of hydrogen-bond donors (Lipinski definition) is 0. The summed E-state index contributed by atoms with van der Waals surface area (Å²) in [6, 6.07) is 6.21. The molecule has 1 aromatic heterocycles. The summed E-state index contributed by atoms with van der Waals surface area (Å²) in [5, 5.41) is 0.904. The van der Waals surface area contributed by atoms with Crippen LogP contribution < -0.4 is 10.4 Å². The van der Waals surface area contributed by atoms with Gasteiger partial charge in [0.1, 0.15) is 11.3 Å². The van der Waals surface area contributed by atoms with Crippen molar-refractivity contribution in [2.24, 2.45) is 0 Å². The second-order valence-electron chi connectivity index (χ2n) is 7.09. The Kier molecular flexibility index (Phi) is 4.98. The third kappa shape index (κ3) is 2.97. The molecule has 0 bridgehead atoms. The zero-order chi connectivity index (χ0) is 17.2. The molecule has 0 saturated heterocycles. The van der Waals surface area contributed by atoms with Crippen molar-refractivity contribution in [2.75, 3.05) is 7.11 Å². The summed E-state index contributed by atoms with van der Waals surface area (Å²) in [5.74, 6) is 0.823. The summed E-state index contributed by atoms with van der Waals surface area (Å²) in [6.07, 6.45) is 9.32. The van der Waals surface area contributed by atoms with Crippen LogP contribution in [-0.4, -0.2) is 7.11 Å². The van der Waals surface area contributed by atoms with Crippen LogP contribution in [0.4, 0.5) is 0 Å². The maximum atomic E-state index is 12.1. The Morgan fingerprint density at radius 3 is 2.54 bits per heavy atom. The summed E-state index contributed by atoms with van der Waals surface area (Å²) in [7, 11) is 1.70. The SMILES string of the molecule is CCCCC1(c2cc(OC)c3cc(CC)c(=O)oc3c2)CCCC1. The van der Waals surface area contributed by atoms with Gasteiger partial charge in [0.15, 0.2) is 0 Å². The van der Waals surface area contributed by atoms with Crippen LogP contribution in [0.25, 0.3) is 11.0 Å². The first kappa shape index (κ1) is 17.1. The highest BCUT2D eigenvalue weighted by atomic mass is 16.5. The zero-order valence-corrected chi connectivity index (χ0v) is 15.1. The fourth-order valence-corrected chi connectivity index (χ4v) is 4.20. The molecule has 24 heavy (non-hydrogen) atoms. The van der Waals surface area contributed by atoms with Gasteiger partial charge in [-0.05, 0) is 54.9 Å². The molecule has 1 heterocycles. The molecule has 0 N–H and O–H groups in total. The Balaban J connectivity index is 2.16. The van der Waals surface area contributed by atoms with E-state index in [2.05, 4.69) is 19.1 Å². The smallest absolute Gasteiger partial charge is 0.339 e. The van der Waals surface area contributed by atoms with E-state index < -0.39 is 0 Å². The van der Waals surface area contributed by atoms with Crippen LogP contribution in [0.15, 0.2) is 27.4 Å². The summed E-state index contributed by atoms with van der Waals surface area (Å²) >= 11 is 0. The predicted molar refractivity (Wildman–Crippen MR) is 98.1 cm³/mol. The lowest BCUT2D eigenvalue weighted by atomic mass is 9.74. The van der Waals surface area contributed by atoms with E-state index in [0.717, 1.165) is 11.1 Å². The molecule has 1 aliphatic rings. The molecule has 3 heteroatoms. The molecule has 130 valence electrons. The van der Waals surface area contributed by atoms with Crippen molar-refractivity contribution in [3.63, 3.8) is 0 Å². The zero-order valence-electron chi connectivity index (χ0n) is 15.1. The van der Waals surface area contributed by atoms with Crippen LogP contribution in [0.1, 0.15) is 69.9 Å². The molecule has 0 aliphatic heterocycles. The summed E-state index contributed by atoms with van der Waals surface area (Å²) < 4.78 is 11.3. The van der Waals surface area contributed by atoms with Crippen molar-refractivity contribution in [1.29, 1.82) is 0 Å². The Hall–Kier alpha value is -1.77. The Morgan fingerprint density at radius 2 is 1.92 bits per heavy atom. The van der Waals surface area contributed by atoms with Crippen molar-refractivity contribution >= 4 is 11.0 Å². The molecular weight excluding hydrogens is 300 g/mol. The van der Waals surface area contributed by atoms with Crippen molar-refractivity contribution < 1.29 is 9.15 Å². The van der Waals surface area contributed by atoms with Crippen LogP contribution in [0.2, 0.25) is 0 Å². The van der Waals surface area contributed by atoms with Crippen molar-refractivity contribution in [1.82, 2.24) is 0 Å². The van der Waals surface area contributed by atoms with Gasteiger partial charge in [0.05, 0.1) is 12.5 Å². The quantitative estimate of drug-likeness (QED) is 0.670. The van der Waals surface area contributed by atoms with E-state index in [1.54, 1.807) is 7.11 Å². The van der Waals surface area contributed by atoms with Crippen LogP contribution >= 0.6 is 0 Å². The second kappa shape index (κ2) is 7.00. The monoisotopic (exact) mass is 328 g/mol. The summed E-state index contributed by atoms with van der Waals surface area (Å²) in [5.41, 5.74) is 2.65. The number of rotatable bonds is 6. The molecular formula is C21H28O3. The van der Waals surface area contributed by atoms with Gasteiger partial charge in [-0.1, -0.05) is 39.5 Å². The minimum Gasteiger partial charge on any atom is -0.496 e. The van der Waals surface area contributed by atoms with E-state index in [1.807, 2.05) is 13.0 Å². The van der Waals surface area contributed by atoms with E-state index in [4.69, 9.17) is 9.15 Å². The Bertz CT molecular complexity index is 766. The predicted octanol–water partition coefficient (Wildman–Crippen LogP) is 5.37. The topological polar surface area (TPSA) is 39.4 Å². The van der Waals surface area contributed by atoms with E-state index >= 15 is 0 Å². The van der Waals surface area contributed by atoms with Crippen molar-refractivity contribution in [2.45, 2.75) is 70.6 Å². The third-order valence-corrected chi connectivity index (χ3v) is 5.67. The minimum absolute atomic E-state index is 0.222. The van der Waals surface area contributed by atoms with Gasteiger partial charge in [-0.3, -0.25) is 0 Å². The number of fused-ring (bicyclic) bond motifs is 1. The molecule has 3 nitrogen and oxygen atoms in total. The first-order chi connectivity index (χ1) is 11.6. The Labute approximate surface area is 144 Å². The van der Waals surface area contributed by atoms with Gasteiger partial charge in [0.2, 0.25) is 0 Å². The van der Waals surface area contributed by atoms with Gasteiger partial charge >= 0.3 is 5.63 Å². The van der Waals surface area contributed by atoms with Gasteiger partial charge in [0.25, 0.3) is 0 Å². The highest BCUT2D eigenvalue weighted by Crippen LogP contribution is 2.47. The lowest BCUT2D eigenvalue weighted by Gasteiger charge is -2.30. The van der Waals surface area contributed by atoms with Gasteiger partial charge in [0, 0.05) is 5.56 Å². The number of aryl methyl sites for hydroxylation is 1. The van der Waals surface area contributed by atoms with E-state index in [1.165, 1.54) is 50.5 Å². The van der Waals surface area contributed by atoms with Gasteiger partial charge in [-0.25, -0.2) is 4.79 Å². The highest BCUT2D eigenvalue weighted by molar-refractivity contribution is 5.85. The van der Waals surface area contributed by atoms with E-state index in [-0.39, 0.29) is 11.0 Å². The normalized spacial score (nSPS) is 16.6. The largest absolute Gasteiger partial charge is 0.496 e. The average Bonchev–Trinajstić information content (AvgIpc) is 3.08. The first-order valence-corrected chi connectivity index (χ1v) is 9.29. The van der Waals surface area contributed by atoms with Gasteiger partial charge in [-0.2, -0.15) is 0 Å². The highest BCUT2D eigenvalue weighted by Gasteiger charge is 2.35. The molecule has 3 rings (SSSR count). The van der Waals surface area contributed by atoms with Gasteiger partial charge in [-0.15, -0.1) is 0 Å². The standard InChI is InChI=1S/C21H28O3/c1-4-6-9-21(10-7-8-11-21)16-13-18(23-3)17-12-15(5-2)20(22)24-19(17)14-16/h12-14H,4-11H2,1-3H3. The van der Waals surface area contributed by atoms with E-state index in [0.29, 0.717) is 17.6 Å². The lowest BCUT2D eigenvalue weighted by molar-refractivity contribution is 0.383. The maximum absolute atomic E-state index is 12.1. The average molecular weight is 328 g/mol. The van der Waals surface area contributed by atoms with Crippen LogP contribution in [0.3, 0.4) is 0 Å². The minimum atomic E-state index is -0.224. The number of unbranched alkanes of at least 4 members (excludes halogenated alkanes) is 1. The Morgan fingerprint density at radius 1 is 1.17 bits per heavy atom. The molecule has 0 amide bonds. The number of methoxy groups -OCH3 is 1. The van der Waals surface area contributed by atoms with Crippen LogP contribution in [0.5, 0.6) is 5.75 Å². The van der Waals surface area contributed by atoms with Crippen molar-refractivity contribution in [3.05, 3.63) is 39.7 Å². The fraction of sp³-hybridized carbons (Fsp3) is 0.571. The summed E-state index contributed by atoms with van der Waals surface area (Å²) in [6.45, 7) is 4.21. The summed E-state index contributed by atoms with van der Waals surface area (Å²) in [4.78, 5) is 12.1. The van der Waals surface area contributed by atoms with Crippen LogP contribution in [-0.2, 0) is 11.8 Å².